The smallest absolute Gasteiger partial charge is 0.118 e. The van der Waals surface area contributed by atoms with Gasteiger partial charge in [0.25, 0.3) is 0 Å². The SMILES string of the molecule is COc1ccc(C(CCCCCCCCCCC(c2ccc(OC)cc2)(c2ccc(-c3ccccc3)cc2)c2ccc(-c3ccccc3)cc2)(c2ccc(-c3ccccc3)cc2)c2ccc(-c3ccccc3)cc2)cc1. The number of hydrogen-bond donors (Lipinski definition) is 0. The van der Waals surface area contributed by atoms with E-state index in [0.717, 1.165) is 37.2 Å². The van der Waals surface area contributed by atoms with Gasteiger partial charge in [0.2, 0.25) is 0 Å². The van der Waals surface area contributed by atoms with Crippen LogP contribution in [0.15, 0.2) is 267 Å². The molecule has 0 atom stereocenters. The molecule has 0 aliphatic carbocycles. The van der Waals surface area contributed by atoms with Crippen LogP contribution in [0.5, 0.6) is 11.5 Å². The fourth-order valence-corrected chi connectivity index (χ4v) is 11.8. The Morgan fingerprint density at radius 3 is 0.605 bits per heavy atom. The zero-order chi connectivity index (χ0) is 51.8. The highest BCUT2D eigenvalue weighted by atomic mass is 16.5. The quantitative estimate of drug-likeness (QED) is 0.0470. The molecular weight excluding hydrogens is 921 g/mol. The van der Waals surface area contributed by atoms with Crippen molar-refractivity contribution in [1.29, 1.82) is 0 Å². The minimum absolute atomic E-state index is 0.350. The third-order valence-corrected chi connectivity index (χ3v) is 16.0. The van der Waals surface area contributed by atoms with Crippen molar-refractivity contribution in [1.82, 2.24) is 0 Å². The van der Waals surface area contributed by atoms with Crippen LogP contribution in [0.4, 0.5) is 0 Å². The molecule has 2 nitrogen and oxygen atoms in total. The summed E-state index contributed by atoms with van der Waals surface area (Å²) in [6, 6.07) is 98.0. The van der Waals surface area contributed by atoms with Gasteiger partial charge >= 0.3 is 0 Å². The Morgan fingerprint density at radius 1 is 0.211 bits per heavy atom. The Kier molecular flexibility index (Phi) is 16.8. The fourth-order valence-electron chi connectivity index (χ4n) is 11.8. The third-order valence-electron chi connectivity index (χ3n) is 16.0. The van der Waals surface area contributed by atoms with Crippen molar-refractivity contribution < 1.29 is 9.47 Å². The van der Waals surface area contributed by atoms with Gasteiger partial charge in [-0.1, -0.05) is 294 Å². The van der Waals surface area contributed by atoms with Crippen molar-refractivity contribution in [2.45, 2.75) is 75.0 Å². The number of hydrogen-bond acceptors (Lipinski definition) is 2. The zero-order valence-corrected chi connectivity index (χ0v) is 44.3. The lowest BCUT2D eigenvalue weighted by atomic mass is 9.66. The van der Waals surface area contributed by atoms with Crippen molar-refractivity contribution in [3.05, 3.63) is 300 Å². The van der Waals surface area contributed by atoms with Crippen LogP contribution in [0, 0.1) is 0 Å². The van der Waals surface area contributed by atoms with Crippen LogP contribution in [-0.2, 0) is 10.8 Å². The number of benzene rings is 10. The highest BCUT2D eigenvalue weighted by Crippen LogP contribution is 2.47. The van der Waals surface area contributed by atoms with Crippen molar-refractivity contribution in [3.63, 3.8) is 0 Å². The van der Waals surface area contributed by atoms with Crippen LogP contribution in [0.1, 0.15) is 97.6 Å². The van der Waals surface area contributed by atoms with Crippen molar-refractivity contribution in [2.24, 2.45) is 0 Å². The average molecular weight is 991 g/mol. The summed E-state index contributed by atoms with van der Waals surface area (Å²) in [5, 5.41) is 0. The second-order valence-corrected chi connectivity index (χ2v) is 20.4. The summed E-state index contributed by atoms with van der Waals surface area (Å²) < 4.78 is 11.4. The number of unbranched alkanes of at least 4 members (excludes halogenated alkanes) is 7. The third kappa shape index (κ3) is 11.5. The van der Waals surface area contributed by atoms with E-state index in [1.165, 1.54) is 116 Å². The molecule has 10 aromatic rings. The molecule has 0 N–H and O–H groups in total. The summed E-state index contributed by atoms with van der Waals surface area (Å²) in [7, 11) is 3.50. The molecule has 76 heavy (non-hydrogen) atoms. The van der Waals surface area contributed by atoms with E-state index in [0.29, 0.717) is 0 Å². The van der Waals surface area contributed by atoms with E-state index in [4.69, 9.17) is 9.47 Å². The van der Waals surface area contributed by atoms with Crippen molar-refractivity contribution in [2.75, 3.05) is 14.2 Å². The van der Waals surface area contributed by atoms with Crippen molar-refractivity contribution >= 4 is 0 Å². The van der Waals surface area contributed by atoms with Crippen molar-refractivity contribution in [3.8, 4) is 56.0 Å². The van der Waals surface area contributed by atoms with Gasteiger partial charge in [0.15, 0.2) is 0 Å². The largest absolute Gasteiger partial charge is 0.497 e. The first kappa shape index (κ1) is 51.3. The first-order valence-electron chi connectivity index (χ1n) is 27.5. The number of methoxy groups -OCH3 is 2. The van der Waals surface area contributed by atoms with Gasteiger partial charge in [-0.3, -0.25) is 0 Å². The average Bonchev–Trinajstić information content (AvgIpc) is 3.57. The predicted molar refractivity (Wildman–Crippen MR) is 319 cm³/mol. The predicted octanol–water partition coefficient (Wildman–Crippen LogP) is 19.6. The standard InChI is InChI=1S/C74H70O2/c1-75-71-51-47-69(48-52-71)73(65-39-31-61(32-40-65)57-23-13-9-14-24-57,66-41-33-62(34-42-66)58-25-15-10-16-26-58)55-21-7-5-3-4-6-8-22-56-74(70-49-53-72(76-2)54-50-70,67-43-35-63(36-44-67)59-27-17-11-18-28-59)68-45-37-64(38-46-68)60-29-19-12-20-30-60/h9-20,23-54H,3-8,21-22,55-56H2,1-2H3. The molecule has 0 unspecified atom stereocenters. The van der Waals surface area contributed by atoms with Crippen LogP contribution < -0.4 is 9.47 Å². The molecule has 0 fully saturated rings. The minimum Gasteiger partial charge on any atom is -0.497 e. The van der Waals surface area contributed by atoms with Gasteiger partial charge in [0.05, 0.1) is 14.2 Å². The highest BCUT2D eigenvalue weighted by molar-refractivity contribution is 5.69. The lowest BCUT2D eigenvalue weighted by Gasteiger charge is -2.37. The molecule has 2 heteroatoms. The molecule has 378 valence electrons. The highest BCUT2D eigenvalue weighted by Gasteiger charge is 2.37. The van der Waals surface area contributed by atoms with E-state index in [2.05, 4.69) is 267 Å². The maximum atomic E-state index is 5.70. The molecule has 0 aliphatic heterocycles. The molecule has 0 aromatic heterocycles. The van der Waals surface area contributed by atoms with Crippen LogP contribution in [-0.4, -0.2) is 14.2 Å². The lowest BCUT2D eigenvalue weighted by molar-refractivity contribution is 0.414. The van der Waals surface area contributed by atoms with Crippen LogP contribution in [0.2, 0.25) is 0 Å². The molecule has 0 saturated carbocycles. The van der Waals surface area contributed by atoms with E-state index in [1.807, 2.05) is 0 Å². The molecule has 0 aliphatic rings. The zero-order valence-electron chi connectivity index (χ0n) is 44.3. The Hall–Kier alpha value is -8.20. The number of rotatable bonds is 23. The molecule has 10 rings (SSSR count). The molecule has 0 bridgehead atoms. The summed E-state index contributed by atoms with van der Waals surface area (Å²) in [5.74, 6) is 1.75. The Morgan fingerprint density at radius 2 is 0.395 bits per heavy atom. The van der Waals surface area contributed by atoms with Crippen LogP contribution in [0.25, 0.3) is 44.5 Å². The fraction of sp³-hybridized carbons (Fsp3) is 0.189. The van der Waals surface area contributed by atoms with E-state index >= 15 is 0 Å². The molecule has 10 aromatic carbocycles. The van der Waals surface area contributed by atoms with E-state index in [9.17, 15) is 0 Å². The van der Waals surface area contributed by atoms with Gasteiger partial charge in [-0.15, -0.1) is 0 Å². The minimum atomic E-state index is -0.350. The Balaban J connectivity index is 0.858. The Bertz CT molecular complexity index is 2900. The van der Waals surface area contributed by atoms with Gasteiger partial charge in [-0.25, -0.2) is 0 Å². The van der Waals surface area contributed by atoms with Gasteiger partial charge in [0, 0.05) is 10.8 Å². The Labute approximate surface area is 452 Å². The van der Waals surface area contributed by atoms with Gasteiger partial charge < -0.3 is 9.47 Å². The number of ether oxygens (including phenoxy) is 2. The molecule has 0 radical (unpaired) electrons. The summed E-state index contributed by atoms with van der Waals surface area (Å²) in [4.78, 5) is 0. The van der Waals surface area contributed by atoms with Crippen LogP contribution in [0.3, 0.4) is 0 Å². The second-order valence-electron chi connectivity index (χ2n) is 20.4. The summed E-state index contributed by atoms with van der Waals surface area (Å²) in [6.45, 7) is 0. The lowest BCUT2D eigenvalue weighted by Crippen LogP contribution is -2.29. The van der Waals surface area contributed by atoms with Gasteiger partial charge in [-0.2, -0.15) is 0 Å². The first-order chi connectivity index (χ1) is 37.6. The molecule has 0 saturated heterocycles. The van der Waals surface area contributed by atoms with Gasteiger partial charge in [-0.05, 0) is 115 Å². The summed E-state index contributed by atoms with van der Waals surface area (Å²) in [6.07, 6.45) is 11.5. The van der Waals surface area contributed by atoms with Gasteiger partial charge in [0.1, 0.15) is 11.5 Å². The monoisotopic (exact) mass is 991 g/mol. The summed E-state index contributed by atoms with van der Waals surface area (Å²) in [5.41, 5.74) is 17.0. The molecular formula is C74H70O2. The second kappa shape index (κ2) is 24.9. The summed E-state index contributed by atoms with van der Waals surface area (Å²) >= 11 is 0. The molecule has 0 amide bonds. The maximum Gasteiger partial charge on any atom is 0.118 e. The normalized spacial score (nSPS) is 11.6. The van der Waals surface area contributed by atoms with E-state index < -0.39 is 0 Å². The topological polar surface area (TPSA) is 18.5 Å². The maximum absolute atomic E-state index is 5.70. The first-order valence-corrected chi connectivity index (χ1v) is 27.5. The van der Waals surface area contributed by atoms with Crippen LogP contribution >= 0.6 is 0 Å². The molecule has 0 spiro atoms. The molecule has 0 heterocycles. The van der Waals surface area contributed by atoms with E-state index in [-0.39, 0.29) is 10.8 Å². The van der Waals surface area contributed by atoms with E-state index in [1.54, 1.807) is 14.2 Å².